The lowest BCUT2D eigenvalue weighted by Crippen LogP contribution is -2.48. The van der Waals surface area contributed by atoms with Crippen LogP contribution in [-0.2, 0) is 26.2 Å². The Bertz CT molecular complexity index is 989. The van der Waals surface area contributed by atoms with Gasteiger partial charge in [-0.25, -0.2) is 18.0 Å². The molecule has 1 heterocycles. The van der Waals surface area contributed by atoms with Crippen molar-refractivity contribution in [1.29, 1.82) is 0 Å². The Labute approximate surface area is 191 Å². The Morgan fingerprint density at radius 2 is 1.47 bits per heavy atom. The molecule has 0 radical (unpaired) electrons. The number of thioether (sulfide) groups is 1. The third kappa shape index (κ3) is 7.23. The number of carbonyl (C=O) groups is 2. The molecule has 0 aromatic heterocycles. The van der Waals surface area contributed by atoms with Crippen molar-refractivity contribution in [3.8, 4) is 5.75 Å². The van der Waals surface area contributed by atoms with Crippen LogP contribution in [0.3, 0.4) is 0 Å². The van der Waals surface area contributed by atoms with Crippen molar-refractivity contribution < 1.29 is 33.0 Å². The lowest BCUT2D eigenvalue weighted by molar-refractivity contribution is -0.159. The number of methoxy groups -OCH3 is 1. The van der Waals surface area contributed by atoms with Crippen LogP contribution in [0, 0.1) is 0 Å². The first-order chi connectivity index (χ1) is 15.2. The minimum absolute atomic E-state index is 0.319. The molecule has 0 spiro atoms. The van der Waals surface area contributed by atoms with Crippen LogP contribution in [0.25, 0.3) is 0 Å². The average molecular weight is 483 g/mol. The minimum atomic E-state index is -3.44. The lowest BCUT2D eigenvalue weighted by atomic mass is 10.2. The van der Waals surface area contributed by atoms with Gasteiger partial charge in [0, 0.05) is 37.6 Å². The van der Waals surface area contributed by atoms with E-state index < -0.39 is 22.0 Å². The summed E-state index contributed by atoms with van der Waals surface area (Å²) < 4.78 is 32.2. The molecule has 2 aromatic rings. The van der Waals surface area contributed by atoms with Crippen molar-refractivity contribution in [2.75, 3.05) is 39.5 Å². The molecule has 0 saturated carbocycles. The maximum absolute atomic E-state index is 12.8. The van der Waals surface area contributed by atoms with E-state index >= 15 is 0 Å². The van der Waals surface area contributed by atoms with Crippen molar-refractivity contribution in [2.24, 2.45) is 0 Å². The number of carboxylic acids is 2. The molecule has 0 aliphatic carbocycles. The third-order valence-electron chi connectivity index (χ3n) is 4.78. The first-order valence-electron chi connectivity index (χ1n) is 9.63. The Morgan fingerprint density at radius 3 is 1.91 bits per heavy atom. The van der Waals surface area contributed by atoms with Crippen LogP contribution in [-0.4, -0.2) is 79.3 Å². The maximum Gasteiger partial charge on any atom is 0.414 e. The molecule has 1 saturated heterocycles. The summed E-state index contributed by atoms with van der Waals surface area (Å²) in [5.41, 5.74) is 1.26. The van der Waals surface area contributed by atoms with Gasteiger partial charge in [-0.1, -0.05) is 12.1 Å². The fraction of sp³-hybridized carbons (Fsp3) is 0.333. The molecule has 174 valence electrons. The van der Waals surface area contributed by atoms with E-state index in [1.54, 1.807) is 47.4 Å². The largest absolute Gasteiger partial charge is 0.497 e. The number of hydrogen-bond donors (Lipinski definition) is 2. The van der Waals surface area contributed by atoms with Crippen molar-refractivity contribution in [3.05, 3.63) is 54.1 Å². The molecule has 9 nitrogen and oxygen atoms in total. The van der Waals surface area contributed by atoms with Crippen LogP contribution >= 0.6 is 11.8 Å². The molecular weight excluding hydrogens is 456 g/mol. The van der Waals surface area contributed by atoms with Crippen LogP contribution in [0.4, 0.5) is 0 Å². The molecule has 1 fully saturated rings. The zero-order chi connectivity index (χ0) is 23.7. The van der Waals surface area contributed by atoms with Crippen molar-refractivity contribution in [2.45, 2.75) is 16.3 Å². The van der Waals surface area contributed by atoms with Gasteiger partial charge in [0.2, 0.25) is 10.0 Å². The second-order valence-corrected chi connectivity index (χ2v) is 9.63. The Hall–Kier alpha value is -2.60. The van der Waals surface area contributed by atoms with Crippen LogP contribution in [0.1, 0.15) is 5.56 Å². The minimum Gasteiger partial charge on any atom is -0.497 e. The summed E-state index contributed by atoms with van der Waals surface area (Å²) >= 11 is 1.73. The smallest absolute Gasteiger partial charge is 0.414 e. The molecule has 1 aliphatic rings. The fourth-order valence-corrected chi connectivity index (χ4v) is 4.84. The number of hydrogen-bond acceptors (Lipinski definition) is 7. The van der Waals surface area contributed by atoms with Gasteiger partial charge in [-0.2, -0.15) is 4.31 Å². The Kier molecular flexibility index (Phi) is 9.51. The number of carboxylic acid groups (broad SMARTS) is 2. The monoisotopic (exact) mass is 482 g/mol. The van der Waals surface area contributed by atoms with E-state index in [1.165, 1.54) is 10.5 Å². The first-order valence-corrected chi connectivity index (χ1v) is 12.3. The topological polar surface area (TPSA) is 124 Å². The van der Waals surface area contributed by atoms with Crippen LogP contribution in [0.15, 0.2) is 58.3 Å². The summed E-state index contributed by atoms with van der Waals surface area (Å²) in [5.74, 6) is -2.99. The molecular formula is C21H26N2O7S2. The zero-order valence-corrected chi connectivity index (χ0v) is 19.4. The predicted molar refractivity (Wildman–Crippen MR) is 121 cm³/mol. The number of benzene rings is 2. The molecule has 11 heteroatoms. The molecule has 0 amide bonds. The first kappa shape index (κ1) is 25.7. The molecule has 0 unspecified atom stereocenters. The summed E-state index contributed by atoms with van der Waals surface area (Å²) in [6.45, 7) is 3.35. The van der Waals surface area contributed by atoms with E-state index in [4.69, 9.17) is 24.5 Å². The van der Waals surface area contributed by atoms with Crippen molar-refractivity contribution in [1.82, 2.24) is 9.21 Å². The molecule has 0 atom stereocenters. The highest BCUT2D eigenvalue weighted by molar-refractivity contribution is 7.98. The average Bonchev–Trinajstić information content (AvgIpc) is 2.80. The normalized spacial score (nSPS) is 14.8. The zero-order valence-electron chi connectivity index (χ0n) is 17.8. The number of nitrogens with zero attached hydrogens (tertiary/aromatic N) is 2. The van der Waals surface area contributed by atoms with Gasteiger partial charge in [0.25, 0.3) is 0 Å². The summed E-state index contributed by atoms with van der Waals surface area (Å²) in [4.78, 5) is 22.1. The van der Waals surface area contributed by atoms with Crippen molar-refractivity contribution >= 4 is 33.7 Å². The molecule has 0 bridgehead atoms. The summed E-state index contributed by atoms with van der Waals surface area (Å²) in [6.07, 6.45) is 2.07. The highest BCUT2D eigenvalue weighted by atomic mass is 32.2. The van der Waals surface area contributed by atoms with E-state index in [1.807, 2.05) is 0 Å². The highest BCUT2D eigenvalue weighted by Gasteiger charge is 2.28. The quantitative estimate of drug-likeness (QED) is 0.470. The summed E-state index contributed by atoms with van der Waals surface area (Å²) in [5, 5.41) is 14.8. The van der Waals surface area contributed by atoms with E-state index in [0.717, 1.165) is 19.6 Å². The highest BCUT2D eigenvalue weighted by Crippen LogP contribution is 2.21. The maximum atomic E-state index is 12.8. The van der Waals surface area contributed by atoms with Gasteiger partial charge >= 0.3 is 11.9 Å². The molecule has 1 aliphatic heterocycles. The molecule has 3 rings (SSSR count). The van der Waals surface area contributed by atoms with Gasteiger partial charge in [0.1, 0.15) is 5.75 Å². The molecule has 2 N–H and O–H groups in total. The van der Waals surface area contributed by atoms with Gasteiger partial charge in [-0.15, -0.1) is 11.8 Å². The van der Waals surface area contributed by atoms with Gasteiger partial charge in [0.15, 0.2) is 0 Å². The van der Waals surface area contributed by atoms with Gasteiger partial charge in [0.05, 0.1) is 12.0 Å². The lowest BCUT2D eigenvalue weighted by Gasteiger charge is -2.34. The number of rotatable bonds is 6. The number of ether oxygens (including phenoxy) is 1. The number of piperazine rings is 1. The van der Waals surface area contributed by atoms with Crippen LogP contribution in [0.2, 0.25) is 0 Å². The van der Waals surface area contributed by atoms with E-state index in [9.17, 15) is 8.42 Å². The van der Waals surface area contributed by atoms with Crippen LogP contribution < -0.4 is 4.74 Å². The van der Waals surface area contributed by atoms with Crippen LogP contribution in [0.5, 0.6) is 5.75 Å². The SMILES string of the molecule is COc1ccc(S(=O)(=O)N2CCN(Cc3ccc(SC)cc3)CC2)cc1.O=C(O)C(=O)O. The Morgan fingerprint density at radius 1 is 0.938 bits per heavy atom. The van der Waals surface area contributed by atoms with Gasteiger partial charge in [-0.05, 0) is 48.2 Å². The van der Waals surface area contributed by atoms with Gasteiger partial charge in [-0.3, -0.25) is 4.90 Å². The predicted octanol–water partition coefficient (Wildman–Crippen LogP) is 2.08. The van der Waals surface area contributed by atoms with E-state index in [0.29, 0.717) is 23.7 Å². The second-order valence-electron chi connectivity index (χ2n) is 6.81. The van der Waals surface area contributed by atoms with E-state index in [2.05, 4.69) is 35.4 Å². The van der Waals surface area contributed by atoms with Crippen molar-refractivity contribution in [3.63, 3.8) is 0 Å². The molecule has 2 aromatic carbocycles. The Balaban J connectivity index is 0.000000534. The summed E-state index contributed by atoms with van der Waals surface area (Å²) in [7, 11) is -1.88. The fourth-order valence-electron chi connectivity index (χ4n) is 3.01. The number of sulfonamides is 1. The standard InChI is InChI=1S/C19H24N2O3S2.C2H2O4/c1-24-17-5-9-19(10-6-17)26(22,23)21-13-11-20(12-14-21)15-16-3-7-18(25-2)8-4-16;3-1(4)2(5)6/h3-10H,11-15H2,1-2H3;(H,3,4)(H,5,6). The summed E-state index contributed by atoms with van der Waals surface area (Å²) in [6, 6.07) is 15.1. The molecule has 32 heavy (non-hydrogen) atoms. The van der Waals surface area contributed by atoms with E-state index in [-0.39, 0.29) is 0 Å². The second kappa shape index (κ2) is 11.9. The van der Waals surface area contributed by atoms with Gasteiger partial charge < -0.3 is 14.9 Å². The number of aliphatic carboxylic acids is 2. The third-order valence-corrected chi connectivity index (χ3v) is 7.43.